The summed E-state index contributed by atoms with van der Waals surface area (Å²) in [6, 6.07) is 9.27. The Morgan fingerprint density at radius 3 is 2.33 bits per heavy atom. The summed E-state index contributed by atoms with van der Waals surface area (Å²) in [6.07, 6.45) is 0. The number of rotatable bonds is 1. The summed E-state index contributed by atoms with van der Waals surface area (Å²) < 4.78 is 5.21. The van der Waals surface area contributed by atoms with Gasteiger partial charge in [-0.25, -0.2) is 0 Å². The second kappa shape index (κ2) is 5.91. The van der Waals surface area contributed by atoms with Gasteiger partial charge in [-0.2, -0.15) is 0 Å². The first-order valence-electron chi connectivity index (χ1n) is 5.41. The molecule has 2 rings (SSSR count). The summed E-state index contributed by atoms with van der Waals surface area (Å²) >= 11 is 0. The number of methoxy groups -OCH3 is 1. The van der Waals surface area contributed by atoms with Gasteiger partial charge in [-0.15, -0.1) is 0 Å². The number of fused-ring (bicyclic) bond motifs is 1. The van der Waals surface area contributed by atoms with Crippen LogP contribution in [0.2, 0.25) is 0 Å². The molecule has 4 heteroatoms. The molecular weight excluding hydrogens is 232 g/mol. The molecule has 0 bridgehead atoms. The number of carboxylic acids is 1. The number of phenolic OH excluding ortho intramolecular Hbond substituents is 1. The van der Waals surface area contributed by atoms with Crippen molar-refractivity contribution in [3.63, 3.8) is 0 Å². The highest BCUT2D eigenvalue weighted by Gasteiger charge is 2.03. The second-order valence-electron chi connectivity index (χ2n) is 3.82. The maximum atomic E-state index is 9.38. The SMILES string of the molecule is CC(=O)O.COc1ccc2ccc(O)cc2c1C. The van der Waals surface area contributed by atoms with E-state index in [0.717, 1.165) is 29.0 Å². The number of aryl methyl sites for hydroxylation is 1. The highest BCUT2D eigenvalue weighted by Crippen LogP contribution is 2.29. The Kier molecular flexibility index (Phi) is 4.54. The molecule has 2 aromatic rings. The van der Waals surface area contributed by atoms with Crippen LogP contribution in [0.4, 0.5) is 0 Å². The van der Waals surface area contributed by atoms with Crippen LogP contribution in [0.3, 0.4) is 0 Å². The van der Waals surface area contributed by atoms with Crippen LogP contribution in [-0.4, -0.2) is 23.3 Å². The quantitative estimate of drug-likeness (QED) is 0.814. The third kappa shape index (κ3) is 3.38. The summed E-state index contributed by atoms with van der Waals surface area (Å²) in [7, 11) is 1.65. The number of aliphatic carboxylic acids is 1. The van der Waals surface area contributed by atoms with Crippen molar-refractivity contribution in [1.82, 2.24) is 0 Å². The Morgan fingerprint density at radius 1 is 1.22 bits per heavy atom. The molecule has 0 heterocycles. The molecule has 0 saturated heterocycles. The third-order valence-corrected chi connectivity index (χ3v) is 2.44. The van der Waals surface area contributed by atoms with E-state index in [4.69, 9.17) is 14.6 Å². The van der Waals surface area contributed by atoms with Crippen LogP contribution in [0.15, 0.2) is 30.3 Å². The lowest BCUT2D eigenvalue weighted by Crippen LogP contribution is -1.87. The van der Waals surface area contributed by atoms with Crippen molar-refractivity contribution in [2.24, 2.45) is 0 Å². The molecule has 0 aliphatic rings. The van der Waals surface area contributed by atoms with Crippen molar-refractivity contribution < 1.29 is 19.7 Å². The first kappa shape index (κ1) is 13.8. The van der Waals surface area contributed by atoms with Gasteiger partial charge < -0.3 is 14.9 Å². The molecule has 0 radical (unpaired) electrons. The minimum Gasteiger partial charge on any atom is -0.508 e. The average molecular weight is 248 g/mol. The Bertz CT molecular complexity index is 557. The molecular formula is C14H16O4. The monoisotopic (exact) mass is 248 g/mol. The van der Waals surface area contributed by atoms with Crippen LogP contribution in [0.25, 0.3) is 10.8 Å². The van der Waals surface area contributed by atoms with Crippen molar-refractivity contribution >= 4 is 16.7 Å². The number of carboxylic acid groups (broad SMARTS) is 1. The van der Waals surface area contributed by atoms with Crippen LogP contribution in [0, 0.1) is 6.92 Å². The normalized spacial score (nSPS) is 9.50. The van der Waals surface area contributed by atoms with Crippen molar-refractivity contribution in [3.8, 4) is 11.5 Å². The van der Waals surface area contributed by atoms with Crippen LogP contribution < -0.4 is 4.74 Å². The molecule has 0 unspecified atom stereocenters. The largest absolute Gasteiger partial charge is 0.508 e. The summed E-state index contributed by atoms with van der Waals surface area (Å²) in [5.74, 6) is 0.303. The number of phenols is 1. The molecule has 0 aliphatic carbocycles. The standard InChI is InChI=1S/C12H12O2.C2H4O2/c1-8-11-7-10(13)5-3-9(11)4-6-12(8)14-2;1-2(3)4/h3-7,13H,1-2H3;1H3,(H,3,4). The molecule has 0 aromatic heterocycles. The van der Waals surface area contributed by atoms with Gasteiger partial charge in [0.15, 0.2) is 0 Å². The van der Waals surface area contributed by atoms with Gasteiger partial charge in [-0.1, -0.05) is 12.1 Å². The van der Waals surface area contributed by atoms with Gasteiger partial charge >= 0.3 is 0 Å². The molecule has 2 aromatic carbocycles. The van der Waals surface area contributed by atoms with Crippen molar-refractivity contribution in [3.05, 3.63) is 35.9 Å². The van der Waals surface area contributed by atoms with E-state index in [1.807, 2.05) is 25.1 Å². The number of carbonyl (C=O) groups is 1. The van der Waals surface area contributed by atoms with Crippen molar-refractivity contribution in [2.75, 3.05) is 7.11 Å². The van der Waals surface area contributed by atoms with Gasteiger partial charge in [0.05, 0.1) is 7.11 Å². The molecule has 96 valence electrons. The predicted molar refractivity (Wildman–Crippen MR) is 70.2 cm³/mol. The summed E-state index contributed by atoms with van der Waals surface area (Å²) in [5.41, 5.74) is 1.06. The Balaban J connectivity index is 0.000000357. The number of hydrogen-bond acceptors (Lipinski definition) is 3. The molecule has 0 atom stereocenters. The van der Waals surface area contributed by atoms with Crippen LogP contribution in [0.1, 0.15) is 12.5 Å². The molecule has 0 amide bonds. The van der Waals surface area contributed by atoms with E-state index in [0.29, 0.717) is 0 Å². The van der Waals surface area contributed by atoms with Gasteiger partial charge in [0.25, 0.3) is 5.97 Å². The van der Waals surface area contributed by atoms with E-state index >= 15 is 0 Å². The first-order chi connectivity index (χ1) is 8.45. The fourth-order valence-electron chi connectivity index (χ4n) is 1.66. The fraction of sp³-hybridized carbons (Fsp3) is 0.214. The molecule has 0 spiro atoms. The second-order valence-corrected chi connectivity index (χ2v) is 3.82. The van der Waals surface area contributed by atoms with E-state index < -0.39 is 5.97 Å². The first-order valence-corrected chi connectivity index (χ1v) is 5.41. The maximum Gasteiger partial charge on any atom is 0.300 e. The zero-order valence-electron chi connectivity index (χ0n) is 10.6. The highest BCUT2D eigenvalue weighted by molar-refractivity contribution is 5.88. The summed E-state index contributed by atoms with van der Waals surface area (Å²) in [4.78, 5) is 9.00. The van der Waals surface area contributed by atoms with Crippen LogP contribution in [0.5, 0.6) is 11.5 Å². The molecule has 18 heavy (non-hydrogen) atoms. The van der Waals surface area contributed by atoms with Crippen molar-refractivity contribution in [2.45, 2.75) is 13.8 Å². The number of benzene rings is 2. The van der Waals surface area contributed by atoms with E-state index in [1.165, 1.54) is 0 Å². The van der Waals surface area contributed by atoms with Gasteiger partial charge in [0.2, 0.25) is 0 Å². The van der Waals surface area contributed by atoms with Gasteiger partial charge in [-0.05, 0) is 41.5 Å². The zero-order valence-corrected chi connectivity index (χ0v) is 10.6. The van der Waals surface area contributed by atoms with Crippen molar-refractivity contribution in [1.29, 1.82) is 0 Å². The number of aromatic hydroxyl groups is 1. The molecule has 0 saturated carbocycles. The van der Waals surface area contributed by atoms with E-state index in [-0.39, 0.29) is 5.75 Å². The Hall–Kier alpha value is -2.23. The maximum absolute atomic E-state index is 9.38. The molecule has 0 fully saturated rings. The average Bonchev–Trinajstić information content (AvgIpc) is 2.30. The predicted octanol–water partition coefficient (Wildman–Crippen LogP) is 2.95. The van der Waals surface area contributed by atoms with Gasteiger partial charge in [0, 0.05) is 6.92 Å². The Morgan fingerprint density at radius 2 is 1.78 bits per heavy atom. The lowest BCUT2D eigenvalue weighted by Gasteiger charge is -2.08. The third-order valence-electron chi connectivity index (χ3n) is 2.44. The molecule has 4 nitrogen and oxygen atoms in total. The highest BCUT2D eigenvalue weighted by atomic mass is 16.5. The van der Waals surface area contributed by atoms with Crippen LogP contribution in [-0.2, 0) is 4.79 Å². The lowest BCUT2D eigenvalue weighted by atomic mass is 10.0. The van der Waals surface area contributed by atoms with E-state index in [2.05, 4.69) is 0 Å². The summed E-state index contributed by atoms with van der Waals surface area (Å²) in [6.45, 7) is 3.07. The minimum atomic E-state index is -0.833. The molecule has 0 aliphatic heterocycles. The molecule has 2 N–H and O–H groups in total. The Labute approximate surface area is 105 Å². The summed E-state index contributed by atoms with van der Waals surface area (Å²) in [5, 5.41) is 18.9. The minimum absolute atomic E-state index is 0.286. The van der Waals surface area contributed by atoms with E-state index in [9.17, 15) is 5.11 Å². The van der Waals surface area contributed by atoms with Gasteiger partial charge in [-0.3, -0.25) is 4.79 Å². The van der Waals surface area contributed by atoms with Gasteiger partial charge in [0.1, 0.15) is 11.5 Å². The topological polar surface area (TPSA) is 66.8 Å². The number of ether oxygens (including phenoxy) is 1. The smallest absolute Gasteiger partial charge is 0.300 e. The van der Waals surface area contributed by atoms with Crippen LogP contribution >= 0.6 is 0 Å². The fourth-order valence-corrected chi connectivity index (χ4v) is 1.66. The zero-order chi connectivity index (χ0) is 13.7. The van der Waals surface area contributed by atoms with E-state index in [1.54, 1.807) is 19.2 Å². The number of hydrogen-bond donors (Lipinski definition) is 2. The lowest BCUT2D eigenvalue weighted by molar-refractivity contribution is -0.134.